The van der Waals surface area contributed by atoms with Crippen molar-refractivity contribution in [3.05, 3.63) is 111 Å². The fourth-order valence-corrected chi connectivity index (χ4v) is 9.39. The van der Waals surface area contributed by atoms with Gasteiger partial charge in [0.2, 0.25) is 10.0 Å². The molecule has 0 atom stereocenters. The molecule has 1 heterocycles. The minimum absolute atomic E-state index is 0.0358. The van der Waals surface area contributed by atoms with Gasteiger partial charge in [-0.3, -0.25) is 14.4 Å². The van der Waals surface area contributed by atoms with Crippen molar-refractivity contribution in [2.45, 2.75) is 81.6 Å². The van der Waals surface area contributed by atoms with Gasteiger partial charge in [-0.05, 0) is 117 Å². The number of hydrogen-bond donors (Lipinski definition) is 4. The Morgan fingerprint density at radius 1 is 0.906 bits per heavy atom. The molecule has 1 aromatic heterocycles. The molecule has 280 valence electrons. The molecule has 1 saturated carbocycles. The molecule has 2 aliphatic rings. The number of aryl methyl sites for hydroxylation is 3. The number of aliphatic carboxylic acids is 1. The van der Waals surface area contributed by atoms with Gasteiger partial charge in [0, 0.05) is 42.2 Å². The van der Waals surface area contributed by atoms with Gasteiger partial charge < -0.3 is 20.8 Å². The number of carboxylic acid groups (broad SMARTS) is 2. The van der Waals surface area contributed by atoms with Crippen LogP contribution in [0.25, 0.3) is 0 Å². The van der Waals surface area contributed by atoms with E-state index in [1.165, 1.54) is 51.0 Å². The number of anilines is 2. The molecule has 0 radical (unpaired) electrons. The zero-order valence-electron chi connectivity index (χ0n) is 29.7. The first-order valence-corrected chi connectivity index (χ1v) is 20.1. The number of hydrogen-bond acceptors (Lipinski definition) is 8. The van der Waals surface area contributed by atoms with Crippen LogP contribution in [0.2, 0.25) is 0 Å². The molecule has 0 aliphatic heterocycles. The minimum atomic E-state index is -3.69. The first-order valence-electron chi connectivity index (χ1n) is 17.8. The molecule has 3 aromatic carbocycles. The Morgan fingerprint density at radius 2 is 1.57 bits per heavy atom. The Hall–Kier alpha value is -4.85. The van der Waals surface area contributed by atoms with Gasteiger partial charge in [0.25, 0.3) is 5.91 Å². The van der Waals surface area contributed by atoms with Crippen molar-refractivity contribution in [1.29, 1.82) is 0 Å². The van der Waals surface area contributed by atoms with Crippen molar-refractivity contribution in [2.75, 3.05) is 24.2 Å². The highest BCUT2D eigenvalue weighted by atomic mass is 32.2. The quantitative estimate of drug-likeness (QED) is 0.0856. The Kier molecular flexibility index (Phi) is 13.6. The van der Waals surface area contributed by atoms with Crippen LogP contribution in [0.1, 0.15) is 97.6 Å². The first-order chi connectivity index (χ1) is 25.5. The van der Waals surface area contributed by atoms with E-state index in [4.69, 9.17) is 10.2 Å². The maximum Gasteiger partial charge on any atom is 0.335 e. The summed E-state index contributed by atoms with van der Waals surface area (Å²) in [6.07, 6.45) is 9.60. The Bertz CT molecular complexity index is 2020. The largest absolute Gasteiger partial charge is 0.481 e. The summed E-state index contributed by atoms with van der Waals surface area (Å²) in [6, 6.07) is 20.9. The molecular formula is C40H45N3O8S2. The summed E-state index contributed by atoms with van der Waals surface area (Å²) in [6.45, 7) is 0.185. The Labute approximate surface area is 314 Å². The van der Waals surface area contributed by atoms with Crippen LogP contribution in [0.15, 0.2) is 77.7 Å². The van der Waals surface area contributed by atoms with Gasteiger partial charge >= 0.3 is 11.9 Å². The monoisotopic (exact) mass is 759 g/mol. The van der Waals surface area contributed by atoms with E-state index < -0.39 is 22.0 Å². The van der Waals surface area contributed by atoms with Crippen molar-refractivity contribution in [2.24, 2.45) is 0 Å². The maximum atomic E-state index is 13.0. The fraction of sp³-hybridized carbons (Fsp3) is 0.350. The normalized spacial score (nSPS) is 13.7. The number of sulfonamides is 1. The van der Waals surface area contributed by atoms with E-state index in [0.29, 0.717) is 17.4 Å². The average Bonchev–Trinajstić information content (AvgIpc) is 3.92. The number of fused-ring (bicyclic) bond motifs is 1. The van der Waals surface area contributed by atoms with Crippen LogP contribution in [-0.4, -0.2) is 66.7 Å². The number of benzene rings is 3. The van der Waals surface area contributed by atoms with Crippen LogP contribution in [0.3, 0.4) is 0 Å². The number of carbonyl (C=O) groups excluding carboxylic acids is 2. The van der Waals surface area contributed by atoms with E-state index in [-0.39, 0.29) is 36.2 Å². The number of thiophene rings is 1. The van der Waals surface area contributed by atoms with Crippen LogP contribution in [0, 0.1) is 0 Å². The molecular weight excluding hydrogens is 715 g/mol. The van der Waals surface area contributed by atoms with E-state index in [2.05, 4.69) is 22.8 Å². The summed E-state index contributed by atoms with van der Waals surface area (Å²) in [5.41, 5.74) is 5.81. The lowest BCUT2D eigenvalue weighted by Gasteiger charge is -2.21. The third-order valence-corrected chi connectivity index (χ3v) is 12.6. The molecule has 13 heteroatoms. The molecule has 6 rings (SSSR count). The summed E-state index contributed by atoms with van der Waals surface area (Å²) < 4.78 is 26.6. The molecule has 0 saturated heterocycles. The van der Waals surface area contributed by atoms with Crippen LogP contribution in [0.5, 0.6) is 0 Å². The number of carbonyl (C=O) groups is 4. The number of nitrogens with zero attached hydrogens (tertiary/aromatic N) is 1. The maximum absolute atomic E-state index is 13.0. The minimum Gasteiger partial charge on any atom is -0.481 e. The van der Waals surface area contributed by atoms with Gasteiger partial charge in [0.15, 0.2) is 0 Å². The predicted octanol–water partition coefficient (Wildman–Crippen LogP) is 7.31. The van der Waals surface area contributed by atoms with E-state index >= 15 is 0 Å². The highest BCUT2D eigenvalue weighted by molar-refractivity contribution is 7.89. The molecule has 2 aliphatic carbocycles. The second-order valence-electron chi connectivity index (χ2n) is 13.2. The zero-order valence-corrected chi connectivity index (χ0v) is 31.3. The number of nitrogens with one attached hydrogen (secondary N) is 2. The van der Waals surface area contributed by atoms with E-state index in [9.17, 15) is 27.6 Å². The Balaban J connectivity index is 0.000000224. The van der Waals surface area contributed by atoms with Crippen molar-refractivity contribution < 1.29 is 37.8 Å². The van der Waals surface area contributed by atoms with E-state index in [1.54, 1.807) is 23.5 Å². The number of aromatic carboxylic acids is 1. The molecule has 1 amide bonds. The standard InChI is InChI=1S/C26H28N2O3S.C14H17NO5S/c1-27-25-23(21-7-2-3-8-22(21)32-25)24(29)28-20-15-11-18(12-16-20)6-4-5-17-9-13-19(14-10-17)26(30)31;16-10-11-3-1-4-13(9-11)21(19,20)15(12-6-7-12)8-2-5-14(17)18/h9-16,27H,2-8H2,1H3,(H,28,29)(H,30,31);1,3-4,9-10,12H,2,5-8H2,(H,17,18). The second kappa shape index (κ2) is 18.3. The predicted molar refractivity (Wildman–Crippen MR) is 206 cm³/mol. The SMILES string of the molecule is CNc1sc2c(c1C(=O)Nc1ccc(CCCc3ccc(C(=O)O)cc3)cc1)CCCC2.O=Cc1cccc(S(=O)(=O)N(CCCC(=O)O)C2CC2)c1. The van der Waals surface area contributed by atoms with Gasteiger partial charge in [0.1, 0.15) is 11.3 Å². The highest BCUT2D eigenvalue weighted by Gasteiger charge is 2.37. The molecule has 11 nitrogen and oxygen atoms in total. The van der Waals surface area contributed by atoms with Crippen LogP contribution in [-0.2, 0) is 40.5 Å². The van der Waals surface area contributed by atoms with E-state index in [0.717, 1.165) is 73.2 Å². The summed E-state index contributed by atoms with van der Waals surface area (Å²) in [5.74, 6) is -1.87. The number of amides is 1. The number of rotatable bonds is 16. The highest BCUT2D eigenvalue weighted by Crippen LogP contribution is 2.38. The molecule has 4 aromatic rings. The lowest BCUT2D eigenvalue weighted by molar-refractivity contribution is -0.137. The van der Waals surface area contributed by atoms with Gasteiger partial charge in [-0.2, -0.15) is 4.31 Å². The van der Waals surface area contributed by atoms with Gasteiger partial charge in [0.05, 0.1) is 16.0 Å². The molecule has 1 fully saturated rings. The van der Waals surface area contributed by atoms with Crippen LogP contribution in [0.4, 0.5) is 10.7 Å². The van der Waals surface area contributed by atoms with Gasteiger partial charge in [-0.25, -0.2) is 13.2 Å². The molecule has 0 spiro atoms. The van der Waals surface area contributed by atoms with Crippen molar-refractivity contribution in [3.8, 4) is 0 Å². The second-order valence-corrected chi connectivity index (χ2v) is 16.2. The van der Waals surface area contributed by atoms with Crippen molar-refractivity contribution in [1.82, 2.24) is 4.31 Å². The summed E-state index contributed by atoms with van der Waals surface area (Å²) in [5, 5.41) is 24.9. The third kappa shape index (κ3) is 10.6. The van der Waals surface area contributed by atoms with Crippen LogP contribution >= 0.6 is 11.3 Å². The Morgan fingerprint density at radius 3 is 2.17 bits per heavy atom. The fourth-order valence-electron chi connectivity index (χ4n) is 6.37. The first kappa shape index (κ1) is 39.4. The molecule has 0 bridgehead atoms. The number of carboxylic acids is 2. The third-order valence-electron chi connectivity index (χ3n) is 9.29. The smallest absolute Gasteiger partial charge is 0.335 e. The van der Waals surface area contributed by atoms with Crippen LogP contribution < -0.4 is 10.6 Å². The number of aldehydes is 1. The summed E-state index contributed by atoms with van der Waals surface area (Å²) in [7, 11) is -1.81. The lowest BCUT2D eigenvalue weighted by Crippen LogP contribution is -2.34. The van der Waals surface area contributed by atoms with E-state index in [1.807, 2.05) is 31.3 Å². The van der Waals surface area contributed by atoms with Crippen molar-refractivity contribution >= 4 is 56.2 Å². The molecule has 53 heavy (non-hydrogen) atoms. The lowest BCUT2D eigenvalue weighted by atomic mass is 9.95. The molecule has 4 N–H and O–H groups in total. The van der Waals surface area contributed by atoms with Crippen molar-refractivity contribution in [3.63, 3.8) is 0 Å². The van der Waals surface area contributed by atoms with Gasteiger partial charge in [-0.15, -0.1) is 11.3 Å². The summed E-state index contributed by atoms with van der Waals surface area (Å²) >= 11 is 1.71. The zero-order chi connectivity index (χ0) is 38.0. The average molecular weight is 760 g/mol. The van der Waals surface area contributed by atoms with Gasteiger partial charge in [-0.1, -0.05) is 36.4 Å². The topological polar surface area (TPSA) is 170 Å². The summed E-state index contributed by atoms with van der Waals surface area (Å²) in [4.78, 5) is 46.7. The molecule has 0 unspecified atom stereocenters.